The molecule has 2 rings (SSSR count). The minimum atomic E-state index is -3.16. The van der Waals surface area contributed by atoms with Gasteiger partial charge >= 0.3 is 0 Å². The first-order valence-electron chi connectivity index (χ1n) is 5.93. The highest BCUT2D eigenvalue weighted by Crippen LogP contribution is 2.30. The average Bonchev–Trinajstić information content (AvgIpc) is 2.75. The Morgan fingerprint density at radius 3 is 2.55 bits per heavy atom. The van der Waals surface area contributed by atoms with Crippen LogP contribution in [0.5, 0.6) is 0 Å². The fourth-order valence-electron chi connectivity index (χ4n) is 2.25. The minimum absolute atomic E-state index is 0.00291. The van der Waals surface area contributed by atoms with Crippen molar-refractivity contribution in [3.05, 3.63) is 33.8 Å². The summed E-state index contributed by atoms with van der Waals surface area (Å²) < 4.78 is 22.8. The number of Topliss-reactive ketones (excluding diaryl/α,β-unsaturated/α-hetero) is 1. The largest absolute Gasteiger partial charge is 0.297 e. The van der Waals surface area contributed by atoms with Gasteiger partial charge in [0.2, 0.25) is 0 Å². The van der Waals surface area contributed by atoms with Crippen molar-refractivity contribution in [1.82, 2.24) is 0 Å². The second kappa shape index (κ2) is 5.72. The molecule has 1 aliphatic rings. The Kier molecular flexibility index (Phi) is 4.38. The van der Waals surface area contributed by atoms with E-state index in [2.05, 4.69) is 0 Å². The fraction of sp³-hybridized carbons (Fsp3) is 0.385. The van der Waals surface area contributed by atoms with E-state index in [0.717, 1.165) is 0 Å². The van der Waals surface area contributed by atoms with E-state index >= 15 is 0 Å². The van der Waals surface area contributed by atoms with Gasteiger partial charge in [-0.05, 0) is 24.1 Å². The molecule has 2 unspecified atom stereocenters. The first kappa shape index (κ1) is 15.3. The van der Waals surface area contributed by atoms with Gasteiger partial charge in [-0.25, -0.2) is 8.42 Å². The quantitative estimate of drug-likeness (QED) is 0.853. The Morgan fingerprint density at radius 1 is 1.35 bits per heavy atom. The van der Waals surface area contributed by atoms with Gasteiger partial charge in [-0.3, -0.25) is 4.79 Å². The summed E-state index contributed by atoms with van der Waals surface area (Å²) in [6.45, 7) is 0. The van der Waals surface area contributed by atoms with Crippen molar-refractivity contribution in [2.45, 2.75) is 12.3 Å². The van der Waals surface area contributed by atoms with Crippen LogP contribution in [0.4, 0.5) is 0 Å². The lowest BCUT2D eigenvalue weighted by atomic mass is 9.88. The summed E-state index contributed by atoms with van der Waals surface area (Å²) >= 11 is 11.7. The van der Waals surface area contributed by atoms with E-state index in [1.807, 2.05) is 6.07 Å². The van der Waals surface area contributed by atoms with E-state index in [0.29, 0.717) is 10.6 Å². The van der Waals surface area contributed by atoms with E-state index < -0.39 is 21.7 Å². The van der Waals surface area contributed by atoms with E-state index in [1.165, 1.54) is 12.1 Å². The third kappa shape index (κ3) is 3.14. The maximum Gasteiger partial charge on any atom is 0.158 e. The lowest BCUT2D eigenvalue weighted by Crippen LogP contribution is -2.22. The standard InChI is InChI=1S/C13H11Cl2NO3S/c14-11-2-1-8(5-12(11)15)10(6-16)13(17)9-3-4-20(18,19)7-9/h1-2,5,9-10H,3-4,7H2. The predicted octanol–water partition coefficient (Wildman–Crippen LogP) is 2.60. The number of hydrogen-bond donors (Lipinski definition) is 0. The van der Waals surface area contributed by atoms with Crippen molar-refractivity contribution in [2.75, 3.05) is 11.5 Å². The van der Waals surface area contributed by atoms with Crippen molar-refractivity contribution in [3.8, 4) is 6.07 Å². The normalized spacial score (nSPS) is 22.1. The predicted molar refractivity (Wildman–Crippen MR) is 76.6 cm³/mol. The highest BCUT2D eigenvalue weighted by molar-refractivity contribution is 7.91. The van der Waals surface area contributed by atoms with E-state index in [4.69, 9.17) is 23.2 Å². The van der Waals surface area contributed by atoms with Gasteiger partial charge in [-0.15, -0.1) is 0 Å². The monoisotopic (exact) mass is 331 g/mol. The average molecular weight is 332 g/mol. The summed E-state index contributed by atoms with van der Waals surface area (Å²) in [7, 11) is -3.16. The topological polar surface area (TPSA) is 75.0 Å². The van der Waals surface area contributed by atoms with Crippen LogP contribution in [0.25, 0.3) is 0 Å². The number of hydrogen-bond acceptors (Lipinski definition) is 4. The number of carbonyl (C=O) groups excluding carboxylic acids is 1. The SMILES string of the molecule is N#CC(C(=O)C1CCS(=O)(=O)C1)c1ccc(Cl)c(Cl)c1. The molecule has 1 saturated heterocycles. The minimum Gasteiger partial charge on any atom is -0.297 e. The molecule has 1 aromatic rings. The van der Waals surface area contributed by atoms with E-state index in [-0.39, 0.29) is 28.7 Å². The molecule has 7 heteroatoms. The second-order valence-electron chi connectivity index (χ2n) is 4.74. The molecular formula is C13H11Cl2NO3S. The zero-order valence-corrected chi connectivity index (χ0v) is 12.7. The van der Waals surface area contributed by atoms with Crippen molar-refractivity contribution in [2.24, 2.45) is 5.92 Å². The number of ketones is 1. The summed E-state index contributed by atoms with van der Waals surface area (Å²) in [5, 5.41) is 9.80. The van der Waals surface area contributed by atoms with Crippen LogP contribution in [0, 0.1) is 17.2 Å². The molecule has 106 valence electrons. The molecule has 1 aliphatic heterocycles. The number of nitrogens with zero attached hydrogens (tertiary/aromatic N) is 1. The van der Waals surface area contributed by atoms with Crippen LogP contribution in [-0.2, 0) is 14.6 Å². The molecule has 0 N–H and O–H groups in total. The van der Waals surface area contributed by atoms with Crippen LogP contribution < -0.4 is 0 Å². The number of carbonyl (C=O) groups is 1. The van der Waals surface area contributed by atoms with Crippen LogP contribution in [0.2, 0.25) is 10.0 Å². The van der Waals surface area contributed by atoms with Crippen molar-refractivity contribution in [3.63, 3.8) is 0 Å². The first-order valence-corrected chi connectivity index (χ1v) is 8.50. The molecule has 0 amide bonds. The summed E-state index contributed by atoms with van der Waals surface area (Å²) in [4.78, 5) is 12.3. The van der Waals surface area contributed by atoms with E-state index in [1.54, 1.807) is 6.07 Å². The molecule has 1 aromatic carbocycles. The highest BCUT2D eigenvalue weighted by Gasteiger charge is 2.37. The number of halogens is 2. The Balaban J connectivity index is 2.27. The summed E-state index contributed by atoms with van der Waals surface area (Å²) in [6.07, 6.45) is 0.278. The fourth-order valence-corrected chi connectivity index (χ4v) is 4.31. The number of benzene rings is 1. The first-order chi connectivity index (χ1) is 9.34. The molecule has 0 bridgehead atoms. The molecule has 4 nitrogen and oxygen atoms in total. The number of rotatable bonds is 3. The van der Waals surface area contributed by atoms with Crippen LogP contribution in [0.15, 0.2) is 18.2 Å². The Bertz CT molecular complexity index is 694. The van der Waals surface area contributed by atoms with Crippen LogP contribution in [0.1, 0.15) is 17.9 Å². The molecule has 1 heterocycles. The molecule has 0 radical (unpaired) electrons. The zero-order valence-electron chi connectivity index (χ0n) is 10.3. The van der Waals surface area contributed by atoms with Gasteiger partial charge in [0.25, 0.3) is 0 Å². The van der Waals surface area contributed by atoms with Gasteiger partial charge in [0, 0.05) is 5.92 Å². The van der Waals surface area contributed by atoms with Crippen LogP contribution >= 0.6 is 23.2 Å². The zero-order chi connectivity index (χ0) is 14.9. The third-order valence-electron chi connectivity index (χ3n) is 3.33. The molecule has 0 aromatic heterocycles. The molecule has 2 atom stereocenters. The lowest BCUT2D eigenvalue weighted by Gasteiger charge is -2.13. The Labute approximate surface area is 127 Å². The van der Waals surface area contributed by atoms with Gasteiger partial charge in [-0.2, -0.15) is 5.26 Å². The van der Waals surface area contributed by atoms with Crippen molar-refractivity contribution in [1.29, 1.82) is 5.26 Å². The van der Waals surface area contributed by atoms with Gasteiger partial charge in [0.1, 0.15) is 5.92 Å². The highest BCUT2D eigenvalue weighted by atomic mass is 35.5. The van der Waals surface area contributed by atoms with Crippen LogP contribution in [-0.4, -0.2) is 25.7 Å². The number of nitriles is 1. The molecule has 0 spiro atoms. The molecule has 0 saturated carbocycles. The Morgan fingerprint density at radius 2 is 2.05 bits per heavy atom. The van der Waals surface area contributed by atoms with Crippen molar-refractivity contribution >= 4 is 38.8 Å². The lowest BCUT2D eigenvalue weighted by molar-refractivity contribution is -0.122. The summed E-state index contributed by atoms with van der Waals surface area (Å²) in [5.41, 5.74) is 0.441. The second-order valence-corrected chi connectivity index (χ2v) is 7.78. The smallest absolute Gasteiger partial charge is 0.158 e. The van der Waals surface area contributed by atoms with Gasteiger partial charge < -0.3 is 0 Å². The molecular weight excluding hydrogens is 321 g/mol. The van der Waals surface area contributed by atoms with Crippen LogP contribution in [0.3, 0.4) is 0 Å². The molecule has 20 heavy (non-hydrogen) atoms. The van der Waals surface area contributed by atoms with Gasteiger partial charge in [-0.1, -0.05) is 29.3 Å². The summed E-state index contributed by atoms with van der Waals surface area (Å²) in [6, 6.07) is 6.47. The van der Waals surface area contributed by atoms with Gasteiger partial charge in [0.05, 0.1) is 27.6 Å². The maximum absolute atomic E-state index is 12.3. The Hall–Kier alpha value is -1.09. The molecule has 1 fully saturated rings. The van der Waals surface area contributed by atoms with Gasteiger partial charge in [0.15, 0.2) is 15.6 Å². The number of sulfone groups is 1. The summed E-state index contributed by atoms with van der Waals surface area (Å²) in [5.74, 6) is -2.16. The third-order valence-corrected chi connectivity index (χ3v) is 5.83. The molecule has 0 aliphatic carbocycles. The van der Waals surface area contributed by atoms with E-state index in [9.17, 15) is 18.5 Å². The maximum atomic E-state index is 12.3. The van der Waals surface area contributed by atoms with Crippen molar-refractivity contribution < 1.29 is 13.2 Å².